The van der Waals surface area contributed by atoms with E-state index in [9.17, 15) is 29.5 Å². The van der Waals surface area contributed by atoms with E-state index in [1.54, 1.807) is 54.9 Å². The van der Waals surface area contributed by atoms with Gasteiger partial charge in [-0.3, -0.25) is 29.3 Å². The first kappa shape index (κ1) is 44.7. The Balaban J connectivity index is 1.12. The van der Waals surface area contributed by atoms with Crippen LogP contribution >= 0.6 is 6.72 Å². The molecule has 2 aliphatic rings. The fourth-order valence-electron chi connectivity index (χ4n) is 6.74. The van der Waals surface area contributed by atoms with Crippen LogP contribution in [0.4, 0.5) is 11.8 Å². The molecule has 6 heterocycles. The van der Waals surface area contributed by atoms with E-state index in [2.05, 4.69) is 56.3 Å². The number of rotatable bonds is 14. The molecule has 328 valence electrons. The number of imidazole rings is 1. The molecule has 0 bridgehead atoms. The molecule has 3 unspecified atom stereocenters. The third-order valence-corrected chi connectivity index (χ3v) is 17.2. The Kier molecular flexibility index (Phi) is 12.8. The van der Waals surface area contributed by atoms with E-state index in [-0.39, 0.29) is 46.2 Å². The van der Waals surface area contributed by atoms with Crippen LogP contribution in [0.1, 0.15) is 63.9 Å². The number of aliphatic hydroxyl groups excluding tert-OH is 2. The van der Waals surface area contributed by atoms with Crippen molar-refractivity contribution >= 4 is 72.6 Å². The number of amides is 2. The molecule has 0 saturated carbocycles. The predicted octanol–water partition coefficient (Wildman–Crippen LogP) is 3.96. The van der Waals surface area contributed by atoms with Crippen molar-refractivity contribution in [3.05, 3.63) is 71.2 Å². The molecule has 0 aliphatic carbocycles. The monoisotopic (exact) mass is 899 g/mol. The summed E-state index contributed by atoms with van der Waals surface area (Å²) in [5.41, 5.74) is 0.226. The molecular formula is C38H50N9O11PSSi. The number of carbonyl (C=O) groups is 2. The number of aromatic amines is 1. The van der Waals surface area contributed by atoms with Gasteiger partial charge < -0.3 is 47.9 Å². The van der Waals surface area contributed by atoms with Crippen molar-refractivity contribution < 1.29 is 47.6 Å². The number of hydrogen-bond acceptors (Lipinski definition) is 15. The number of nitrogens with one attached hydrogen (secondary N) is 3. The lowest BCUT2D eigenvalue weighted by atomic mass is 10.1. The molecule has 4 aromatic heterocycles. The highest BCUT2D eigenvalue weighted by Gasteiger charge is 2.51. The summed E-state index contributed by atoms with van der Waals surface area (Å²) >= 11 is 5.48. The minimum absolute atomic E-state index is 0.0435. The van der Waals surface area contributed by atoms with Gasteiger partial charge in [0, 0.05) is 24.1 Å². The first-order chi connectivity index (χ1) is 28.8. The molecule has 0 radical (unpaired) electrons. The first-order valence-electron chi connectivity index (χ1n) is 19.7. The summed E-state index contributed by atoms with van der Waals surface area (Å²) in [6, 6.07) is 10.5. The topological polar surface area (TPSA) is 259 Å². The summed E-state index contributed by atoms with van der Waals surface area (Å²) in [5, 5.41) is 27.6. The fourth-order valence-corrected chi connectivity index (χ4v) is 9.48. The lowest BCUT2D eigenvalue weighted by molar-refractivity contribution is -0.118. The number of nitrogens with zero attached hydrogens (tertiary/aromatic N) is 6. The quantitative estimate of drug-likeness (QED) is 0.0681. The highest BCUT2D eigenvalue weighted by molar-refractivity contribution is 8.07. The zero-order valence-electron chi connectivity index (χ0n) is 34.6. The van der Waals surface area contributed by atoms with Gasteiger partial charge >= 0.3 is 6.72 Å². The first-order valence-corrected chi connectivity index (χ1v) is 25.2. The normalized spacial score (nSPS) is 24.4. The third-order valence-electron chi connectivity index (χ3n) is 11.1. The molecular weight excluding hydrogens is 850 g/mol. The zero-order valence-corrected chi connectivity index (χ0v) is 37.3. The molecule has 5 aromatic rings. The van der Waals surface area contributed by atoms with Gasteiger partial charge in [0.15, 0.2) is 31.9 Å². The second-order valence-corrected chi connectivity index (χ2v) is 24.3. The van der Waals surface area contributed by atoms with Crippen molar-refractivity contribution in [2.24, 2.45) is 5.92 Å². The lowest BCUT2D eigenvalue weighted by Crippen LogP contribution is -2.48. The van der Waals surface area contributed by atoms with Gasteiger partial charge in [0.1, 0.15) is 42.2 Å². The van der Waals surface area contributed by atoms with E-state index in [1.165, 1.54) is 17.2 Å². The molecule has 1 aromatic carbocycles. The van der Waals surface area contributed by atoms with Crippen molar-refractivity contribution in [3.63, 3.8) is 0 Å². The van der Waals surface area contributed by atoms with Gasteiger partial charge in [0.25, 0.3) is 11.5 Å². The second-order valence-electron chi connectivity index (χ2n) is 16.8. The van der Waals surface area contributed by atoms with E-state index in [1.807, 2.05) is 19.2 Å². The lowest BCUT2D eigenvalue weighted by Gasteiger charge is -2.40. The van der Waals surface area contributed by atoms with E-state index in [0.717, 1.165) is 0 Å². The summed E-state index contributed by atoms with van der Waals surface area (Å²) in [4.78, 5) is 69.7. The maximum atomic E-state index is 13.1. The molecule has 20 nitrogen and oxygen atoms in total. The molecule has 2 aliphatic heterocycles. The number of hydrogen-bond donors (Lipinski definition) is 6. The number of fused-ring (bicyclic) bond motifs is 2. The summed E-state index contributed by atoms with van der Waals surface area (Å²) < 4.78 is 34.3. The molecule has 23 heteroatoms. The van der Waals surface area contributed by atoms with Crippen LogP contribution in [0.5, 0.6) is 0 Å². The van der Waals surface area contributed by atoms with Gasteiger partial charge in [-0.15, -0.1) is 0 Å². The number of benzene rings is 1. The molecule has 7 rings (SSSR count). The second kappa shape index (κ2) is 17.4. The van der Waals surface area contributed by atoms with E-state index < -0.39 is 82.7 Å². The van der Waals surface area contributed by atoms with Crippen LogP contribution in [-0.2, 0) is 39.5 Å². The maximum absolute atomic E-state index is 13.1. The maximum Gasteiger partial charge on any atom is 0.325 e. The minimum atomic E-state index is -4.16. The molecule has 6 N–H and O–H groups in total. The van der Waals surface area contributed by atoms with Crippen LogP contribution in [0, 0.1) is 5.92 Å². The van der Waals surface area contributed by atoms with Crippen LogP contribution in [-0.4, -0.2) is 113 Å². The van der Waals surface area contributed by atoms with Gasteiger partial charge in [0.2, 0.25) is 11.9 Å². The standard InChI is InChI=1S/C38H50N9O11PSSi/c1-20(2)32(50)44-37-43-31-26(34(52)45-37)41-19-47(31)35-24(15-22(16-48)55-35)57-59(53,60)54-17-25-27(49)28(58-61(6,7)38(3,4)5)36(56-25)46-14-13-23-29(39-18-40-30(23)46)42-33(51)21-11-9-8-10-12-21/h8-14,18-20,22,24-25,27-28,35-36,48-49H,15-17H2,1-7H3,(H,53,60)(H,39,40,42,51)(H2,43,44,45,50,52)/t22-,24-,25+,27?,28?,35+,36+,59?/m0/s1. The smallest absolute Gasteiger partial charge is 0.325 e. The third kappa shape index (κ3) is 9.39. The average molecular weight is 900 g/mol. The zero-order chi connectivity index (χ0) is 44.0. The molecule has 61 heavy (non-hydrogen) atoms. The number of ether oxygens (including phenoxy) is 2. The van der Waals surface area contributed by atoms with E-state index >= 15 is 0 Å². The Hall–Kier alpha value is -4.32. The summed E-state index contributed by atoms with van der Waals surface area (Å²) in [6.07, 6.45) is -2.72. The van der Waals surface area contributed by atoms with E-state index in [4.69, 9.17) is 34.8 Å². The van der Waals surface area contributed by atoms with Crippen LogP contribution in [0.25, 0.3) is 22.2 Å². The average Bonchev–Trinajstić information content (AvgIpc) is 3.99. The summed E-state index contributed by atoms with van der Waals surface area (Å²) in [6.45, 7) is 8.71. The Morgan fingerprint density at radius 2 is 1.80 bits per heavy atom. The van der Waals surface area contributed by atoms with Gasteiger partial charge in [-0.05, 0) is 48.1 Å². The SMILES string of the molecule is CC(C)C(=O)Nc1nc2c(ncn2[C@@H]2O[C@H](CO)C[C@@H]2OP(O)(=S)OC[C@H]2O[C@@H](n3ccc4c(NC(=O)c5ccccc5)ncnc43)C(O[Si](C)(C)C(C)(C)C)C2O)c(=O)[nH]1. The van der Waals surface area contributed by atoms with Gasteiger partial charge in [-0.25, -0.2) is 15.0 Å². The number of aromatic nitrogens is 7. The van der Waals surface area contributed by atoms with E-state index in [0.29, 0.717) is 16.6 Å². The minimum Gasteiger partial charge on any atom is -0.407 e. The Labute approximate surface area is 356 Å². The van der Waals surface area contributed by atoms with Crippen molar-refractivity contribution in [3.8, 4) is 0 Å². The summed E-state index contributed by atoms with van der Waals surface area (Å²) in [7, 11) is -2.56. The predicted molar refractivity (Wildman–Crippen MR) is 228 cm³/mol. The molecule has 2 fully saturated rings. The highest BCUT2D eigenvalue weighted by Crippen LogP contribution is 2.51. The van der Waals surface area contributed by atoms with Crippen molar-refractivity contribution in [1.82, 2.24) is 34.1 Å². The molecule has 0 spiro atoms. The van der Waals surface area contributed by atoms with Crippen molar-refractivity contribution in [2.75, 3.05) is 23.8 Å². The fraction of sp³-hybridized carbons (Fsp3) is 0.500. The number of H-pyrrole nitrogens is 1. The summed E-state index contributed by atoms with van der Waals surface area (Å²) in [5.74, 6) is -0.954. The van der Waals surface area contributed by atoms with Crippen LogP contribution < -0.4 is 16.2 Å². The number of aliphatic hydroxyl groups is 2. The molecule has 2 amide bonds. The Morgan fingerprint density at radius 1 is 1.07 bits per heavy atom. The van der Waals surface area contributed by atoms with Crippen molar-refractivity contribution in [1.29, 1.82) is 0 Å². The van der Waals surface area contributed by atoms with Crippen molar-refractivity contribution in [2.45, 2.75) is 102 Å². The van der Waals surface area contributed by atoms with Gasteiger partial charge in [-0.1, -0.05) is 52.8 Å². The van der Waals surface area contributed by atoms with Crippen LogP contribution in [0.2, 0.25) is 18.1 Å². The Bertz CT molecular complexity index is 2510. The molecule has 2 saturated heterocycles. The number of carbonyl (C=O) groups excluding carboxylic acids is 2. The Morgan fingerprint density at radius 3 is 2.49 bits per heavy atom. The number of anilines is 2. The largest absolute Gasteiger partial charge is 0.407 e. The highest BCUT2D eigenvalue weighted by atomic mass is 32.5. The van der Waals surface area contributed by atoms with Crippen LogP contribution in [0.15, 0.2) is 60.0 Å². The van der Waals surface area contributed by atoms with Gasteiger partial charge in [0.05, 0.1) is 31.0 Å². The van der Waals surface area contributed by atoms with Crippen LogP contribution in [0.3, 0.4) is 0 Å². The van der Waals surface area contributed by atoms with Gasteiger partial charge in [-0.2, -0.15) is 4.98 Å². The molecule has 8 atom stereocenters.